The van der Waals surface area contributed by atoms with Gasteiger partial charge in [-0.05, 0) is 24.3 Å². The summed E-state index contributed by atoms with van der Waals surface area (Å²) in [7, 11) is 0. The second-order valence-corrected chi connectivity index (χ2v) is 4.65. The summed E-state index contributed by atoms with van der Waals surface area (Å²) in [5.74, 6) is -3.27. The summed E-state index contributed by atoms with van der Waals surface area (Å²) in [4.78, 5) is 27.3. The Bertz CT molecular complexity index is 781. The van der Waals surface area contributed by atoms with Crippen LogP contribution in [0.2, 0.25) is 0 Å². The molecule has 0 aliphatic rings. The van der Waals surface area contributed by atoms with E-state index in [1.54, 1.807) is 0 Å². The molecule has 2 aromatic rings. The summed E-state index contributed by atoms with van der Waals surface area (Å²) < 4.78 is 54.5. The smallest absolute Gasteiger partial charge is 0.422 e. The van der Waals surface area contributed by atoms with Gasteiger partial charge in [0.1, 0.15) is 11.4 Å². The van der Waals surface area contributed by atoms with Crippen molar-refractivity contribution in [2.24, 2.45) is 0 Å². The number of nitrogens with one attached hydrogen (secondary N) is 2. The number of benzene rings is 1. The van der Waals surface area contributed by atoms with Gasteiger partial charge < -0.3 is 4.74 Å². The van der Waals surface area contributed by atoms with E-state index in [9.17, 15) is 27.2 Å². The number of rotatable bonds is 4. The standard InChI is InChI=1S/C15H11F4N3O3/c16-11-6-2-1-4-9(11)12(23)21-22-13(24)10-5-3-7-20-14(10)25-8-15(17,18)19/h1-7H,8H2,(H,21,23)(H,22,24). The minimum absolute atomic E-state index is 0.317. The van der Waals surface area contributed by atoms with Crippen molar-refractivity contribution >= 4 is 11.8 Å². The number of amides is 2. The minimum Gasteiger partial charge on any atom is -0.467 e. The zero-order chi connectivity index (χ0) is 18.4. The fraction of sp³-hybridized carbons (Fsp3) is 0.133. The van der Waals surface area contributed by atoms with Gasteiger partial charge in [0.25, 0.3) is 11.8 Å². The molecule has 0 spiro atoms. The summed E-state index contributed by atoms with van der Waals surface area (Å²) in [6.45, 7) is -1.63. The Balaban J connectivity index is 2.04. The molecule has 2 rings (SSSR count). The third kappa shape index (κ3) is 5.16. The van der Waals surface area contributed by atoms with Gasteiger partial charge >= 0.3 is 6.18 Å². The number of alkyl halides is 3. The number of carbonyl (C=O) groups is 2. The minimum atomic E-state index is -4.61. The van der Waals surface area contributed by atoms with Crippen molar-refractivity contribution in [3.05, 3.63) is 59.5 Å². The molecule has 2 amide bonds. The van der Waals surface area contributed by atoms with Crippen molar-refractivity contribution in [1.82, 2.24) is 15.8 Å². The zero-order valence-electron chi connectivity index (χ0n) is 12.4. The Morgan fingerprint density at radius 2 is 1.60 bits per heavy atom. The lowest BCUT2D eigenvalue weighted by molar-refractivity contribution is -0.154. The normalized spacial score (nSPS) is 10.9. The third-order valence-corrected chi connectivity index (χ3v) is 2.80. The topological polar surface area (TPSA) is 80.3 Å². The molecule has 1 heterocycles. The summed E-state index contributed by atoms with van der Waals surface area (Å²) in [5.41, 5.74) is 3.26. The fourth-order valence-corrected chi connectivity index (χ4v) is 1.72. The summed E-state index contributed by atoms with van der Waals surface area (Å²) in [6.07, 6.45) is -3.47. The van der Waals surface area contributed by atoms with E-state index < -0.39 is 36.3 Å². The quantitative estimate of drug-likeness (QED) is 0.650. The van der Waals surface area contributed by atoms with E-state index in [1.807, 2.05) is 10.9 Å². The van der Waals surface area contributed by atoms with Crippen LogP contribution in [-0.4, -0.2) is 29.6 Å². The molecule has 6 nitrogen and oxygen atoms in total. The molecule has 0 fully saturated rings. The van der Waals surface area contributed by atoms with Crippen LogP contribution >= 0.6 is 0 Å². The zero-order valence-corrected chi connectivity index (χ0v) is 12.4. The van der Waals surface area contributed by atoms with Gasteiger partial charge in [-0.2, -0.15) is 13.2 Å². The highest BCUT2D eigenvalue weighted by atomic mass is 19.4. The van der Waals surface area contributed by atoms with Crippen LogP contribution in [0.25, 0.3) is 0 Å². The van der Waals surface area contributed by atoms with Crippen LogP contribution in [0, 0.1) is 5.82 Å². The van der Waals surface area contributed by atoms with Crippen LogP contribution in [0.3, 0.4) is 0 Å². The number of carbonyl (C=O) groups excluding carboxylic acids is 2. The number of pyridine rings is 1. The third-order valence-electron chi connectivity index (χ3n) is 2.80. The number of ether oxygens (including phenoxy) is 1. The average molecular weight is 357 g/mol. The van der Waals surface area contributed by atoms with Gasteiger partial charge in [-0.25, -0.2) is 9.37 Å². The second kappa shape index (κ2) is 7.60. The molecule has 25 heavy (non-hydrogen) atoms. The molecule has 0 aliphatic heterocycles. The Kier molecular flexibility index (Phi) is 5.52. The van der Waals surface area contributed by atoms with E-state index in [0.29, 0.717) is 0 Å². The average Bonchev–Trinajstić information content (AvgIpc) is 2.57. The predicted octanol–water partition coefficient (Wildman–Crippen LogP) is 2.24. The number of hydrazine groups is 1. The molecule has 0 bridgehead atoms. The molecule has 0 saturated carbocycles. The first-order chi connectivity index (χ1) is 11.8. The molecule has 0 unspecified atom stereocenters. The van der Waals surface area contributed by atoms with Crippen LogP contribution in [0.4, 0.5) is 17.6 Å². The fourth-order valence-electron chi connectivity index (χ4n) is 1.72. The molecule has 0 aliphatic carbocycles. The Labute approximate surface area is 138 Å². The first-order valence-electron chi connectivity index (χ1n) is 6.78. The van der Waals surface area contributed by atoms with Gasteiger partial charge in [0, 0.05) is 6.20 Å². The van der Waals surface area contributed by atoms with Crippen molar-refractivity contribution in [3.8, 4) is 5.88 Å². The van der Waals surface area contributed by atoms with Crippen molar-refractivity contribution in [2.75, 3.05) is 6.61 Å². The van der Waals surface area contributed by atoms with Crippen LogP contribution < -0.4 is 15.6 Å². The number of hydrogen-bond acceptors (Lipinski definition) is 4. The first-order valence-corrected chi connectivity index (χ1v) is 6.78. The number of nitrogens with zero attached hydrogens (tertiary/aromatic N) is 1. The predicted molar refractivity (Wildman–Crippen MR) is 77.1 cm³/mol. The molecule has 10 heteroatoms. The lowest BCUT2D eigenvalue weighted by Gasteiger charge is -2.12. The second-order valence-electron chi connectivity index (χ2n) is 4.65. The highest BCUT2D eigenvalue weighted by molar-refractivity contribution is 6.00. The van der Waals surface area contributed by atoms with E-state index in [0.717, 1.165) is 18.3 Å². The molecule has 132 valence electrons. The SMILES string of the molecule is O=C(NNC(=O)c1cccnc1OCC(F)(F)F)c1ccccc1F. The maximum Gasteiger partial charge on any atom is 0.422 e. The van der Waals surface area contributed by atoms with E-state index in [4.69, 9.17) is 0 Å². The Morgan fingerprint density at radius 3 is 2.24 bits per heavy atom. The van der Waals surface area contributed by atoms with E-state index >= 15 is 0 Å². The van der Waals surface area contributed by atoms with Gasteiger partial charge in [0.05, 0.1) is 5.56 Å². The largest absolute Gasteiger partial charge is 0.467 e. The van der Waals surface area contributed by atoms with Crippen molar-refractivity contribution in [3.63, 3.8) is 0 Å². The maximum absolute atomic E-state index is 13.5. The lowest BCUT2D eigenvalue weighted by Crippen LogP contribution is -2.42. The summed E-state index contributed by atoms with van der Waals surface area (Å²) in [6, 6.07) is 7.51. The van der Waals surface area contributed by atoms with E-state index in [2.05, 4.69) is 9.72 Å². The maximum atomic E-state index is 13.5. The number of hydrogen-bond donors (Lipinski definition) is 2. The van der Waals surface area contributed by atoms with Gasteiger partial charge in [0.15, 0.2) is 6.61 Å². The molecule has 1 aromatic carbocycles. The van der Waals surface area contributed by atoms with Crippen molar-refractivity contribution < 1.29 is 31.9 Å². The number of halogens is 4. The molecule has 0 saturated heterocycles. The monoisotopic (exact) mass is 357 g/mol. The summed E-state index contributed by atoms with van der Waals surface area (Å²) in [5, 5.41) is 0. The summed E-state index contributed by atoms with van der Waals surface area (Å²) >= 11 is 0. The highest BCUT2D eigenvalue weighted by Gasteiger charge is 2.29. The molecular weight excluding hydrogens is 346 g/mol. The van der Waals surface area contributed by atoms with Crippen LogP contribution in [0.5, 0.6) is 5.88 Å². The van der Waals surface area contributed by atoms with Crippen molar-refractivity contribution in [1.29, 1.82) is 0 Å². The molecule has 2 N–H and O–H groups in total. The Hall–Kier alpha value is -3.17. The Morgan fingerprint density at radius 1 is 1.00 bits per heavy atom. The van der Waals surface area contributed by atoms with Gasteiger partial charge in [-0.15, -0.1) is 0 Å². The van der Waals surface area contributed by atoms with Gasteiger partial charge in [-0.3, -0.25) is 20.4 Å². The van der Waals surface area contributed by atoms with Crippen LogP contribution in [0.1, 0.15) is 20.7 Å². The van der Waals surface area contributed by atoms with Gasteiger partial charge in [-0.1, -0.05) is 12.1 Å². The van der Waals surface area contributed by atoms with Crippen LogP contribution in [0.15, 0.2) is 42.6 Å². The van der Waals surface area contributed by atoms with E-state index in [1.165, 1.54) is 24.3 Å². The molecule has 0 atom stereocenters. The lowest BCUT2D eigenvalue weighted by atomic mass is 10.2. The number of aromatic nitrogens is 1. The molecule has 0 radical (unpaired) electrons. The first kappa shape index (κ1) is 18.2. The highest BCUT2D eigenvalue weighted by Crippen LogP contribution is 2.19. The van der Waals surface area contributed by atoms with Crippen LogP contribution in [-0.2, 0) is 0 Å². The van der Waals surface area contributed by atoms with Gasteiger partial charge in [0.2, 0.25) is 5.88 Å². The molecular formula is C15H11F4N3O3. The molecule has 1 aromatic heterocycles. The van der Waals surface area contributed by atoms with Crippen molar-refractivity contribution in [2.45, 2.75) is 6.18 Å². The van der Waals surface area contributed by atoms with E-state index in [-0.39, 0.29) is 11.1 Å².